The molecule has 0 spiro atoms. The third-order valence-corrected chi connectivity index (χ3v) is 25.9. The number of aliphatic hydroxyl groups excluding tert-OH is 27. The normalized spacial score (nSPS) is 45.1. The van der Waals surface area contributed by atoms with Crippen molar-refractivity contribution in [3.8, 4) is 0 Å². The lowest BCUT2D eigenvalue weighted by Gasteiger charge is -2.52. The van der Waals surface area contributed by atoms with Gasteiger partial charge in [0.2, 0.25) is 29.5 Å². The molecule has 0 aromatic heterocycles. The van der Waals surface area contributed by atoms with E-state index in [-0.39, 0.29) is 0 Å². The highest BCUT2D eigenvalue weighted by molar-refractivity contribution is 5.85. The minimum atomic E-state index is -3.32. The van der Waals surface area contributed by atoms with Crippen LogP contribution in [0.4, 0.5) is 0 Å². The Morgan fingerprint density at radius 2 is 0.570 bits per heavy atom. The summed E-state index contributed by atoms with van der Waals surface area (Å²) in [6.45, 7) is -6.11. The van der Waals surface area contributed by atoms with Crippen LogP contribution in [0.5, 0.6) is 0 Å². The molecule has 10 fully saturated rings. The fraction of sp³-hybridized carbons (Fsp3) is 0.887. The molecular formula is C80H129N5O57. The Labute approximate surface area is 803 Å². The Bertz CT molecular complexity index is 4150. The van der Waals surface area contributed by atoms with Crippen molar-refractivity contribution < 1.29 is 281 Å². The minimum absolute atomic E-state index is 0.846. The van der Waals surface area contributed by atoms with E-state index in [1.165, 1.54) is 0 Å². The Balaban J connectivity index is 0.939. The maximum Gasteiger partial charge on any atom is 0.364 e. The molecule has 0 aromatic carbocycles. The van der Waals surface area contributed by atoms with Gasteiger partial charge in [0.25, 0.3) is 11.6 Å². The number of rotatable bonds is 41. The van der Waals surface area contributed by atoms with E-state index < -0.39 is 450 Å². The van der Waals surface area contributed by atoms with Crippen LogP contribution in [0.25, 0.3) is 0 Å². The lowest BCUT2D eigenvalue weighted by molar-refractivity contribution is -0.400. The molecule has 62 heteroatoms. The van der Waals surface area contributed by atoms with Crippen LogP contribution in [0.15, 0.2) is 0 Å². The summed E-state index contributed by atoms with van der Waals surface area (Å²) < 4.78 is 113. The monoisotopic (exact) mass is 2070 g/mol. The summed E-state index contributed by atoms with van der Waals surface area (Å²) in [7, 11) is 0. The molecule has 0 bridgehead atoms. The molecule has 0 aromatic rings. The molecule has 0 radical (unpaired) electrons. The lowest BCUT2D eigenvalue weighted by Crippen LogP contribution is -2.71. The average molecular weight is 2070 g/mol. The van der Waals surface area contributed by atoms with Crippen molar-refractivity contribution in [2.24, 2.45) is 11.8 Å². The molecule has 10 rings (SSSR count). The second-order valence-electron chi connectivity index (χ2n) is 35.9. The van der Waals surface area contributed by atoms with E-state index in [9.17, 15) is 191 Å². The van der Waals surface area contributed by atoms with E-state index in [0.717, 1.165) is 48.5 Å². The maximum atomic E-state index is 13.5. The van der Waals surface area contributed by atoms with Crippen molar-refractivity contribution in [1.29, 1.82) is 0 Å². The first kappa shape index (κ1) is 118. The number of nitrogens with one attached hydrogen (secondary N) is 5. The van der Waals surface area contributed by atoms with Gasteiger partial charge in [0.1, 0.15) is 243 Å². The van der Waals surface area contributed by atoms with Gasteiger partial charge in [-0.3, -0.25) is 33.6 Å². The van der Waals surface area contributed by atoms with Gasteiger partial charge in [0, 0.05) is 59.3 Å². The predicted octanol–water partition coefficient (Wildman–Crippen LogP) is -22.0. The number of carbonyl (C=O) groups is 9. The van der Waals surface area contributed by atoms with Crippen molar-refractivity contribution in [2.45, 2.75) is 367 Å². The maximum absolute atomic E-state index is 13.5. The van der Waals surface area contributed by atoms with Crippen molar-refractivity contribution in [3.63, 3.8) is 0 Å². The number of aliphatic hydroxyl groups is 27. The third kappa shape index (κ3) is 25.7. The fourth-order valence-corrected chi connectivity index (χ4v) is 18.6. The van der Waals surface area contributed by atoms with E-state index in [4.69, 9.17) is 90.0 Å². The van der Waals surface area contributed by atoms with Gasteiger partial charge in [-0.1, -0.05) is 0 Å². The van der Waals surface area contributed by atoms with Gasteiger partial charge >= 0.3 is 11.9 Å². The first-order valence-electron chi connectivity index (χ1n) is 44.9. The molecule has 10 heterocycles. The first-order valence-corrected chi connectivity index (χ1v) is 44.9. The second kappa shape index (κ2) is 50.4. The molecule has 0 saturated carbocycles. The molecule has 0 aliphatic carbocycles. The van der Waals surface area contributed by atoms with Gasteiger partial charge in [-0.25, -0.2) is 9.59 Å². The van der Waals surface area contributed by atoms with E-state index in [1.54, 1.807) is 0 Å². The number of carboxylic acids is 2. The number of carboxylic acid groups (broad SMARTS) is 2. The van der Waals surface area contributed by atoms with Gasteiger partial charge < -0.3 is 265 Å². The minimum Gasteiger partial charge on any atom is -0.477 e. The topological polar surface area (TPSA) is 976 Å². The van der Waals surface area contributed by atoms with Crippen molar-refractivity contribution >= 4 is 53.0 Å². The zero-order chi connectivity index (χ0) is 106. The summed E-state index contributed by atoms with van der Waals surface area (Å²) in [4.78, 5) is 118. The zero-order valence-corrected chi connectivity index (χ0v) is 76.8. The van der Waals surface area contributed by atoms with Gasteiger partial charge in [-0.2, -0.15) is 0 Å². The number of Topliss-reactive ketones (excluding diaryl/α,β-unsaturated/α-hetero) is 2. The van der Waals surface area contributed by atoms with Gasteiger partial charge in [0.05, 0.1) is 78.2 Å². The predicted molar refractivity (Wildman–Crippen MR) is 438 cm³/mol. The molecule has 10 aliphatic heterocycles. The number of carbonyl (C=O) groups excluding carboxylic acids is 7. The number of aliphatic carboxylic acids is 2. The van der Waals surface area contributed by atoms with Crippen LogP contribution >= 0.6 is 0 Å². The van der Waals surface area contributed by atoms with Crippen LogP contribution in [0.2, 0.25) is 0 Å². The van der Waals surface area contributed by atoms with Crippen LogP contribution in [0, 0.1) is 11.8 Å². The van der Waals surface area contributed by atoms with Gasteiger partial charge in [-0.15, -0.1) is 0 Å². The standard InChI is InChI=1S/C80H129N5O57/c1-20(95)27-8-79(77(120)121,139-62(39(27)81-22(3)97)44(104)29(102)10-86)141-65-48(108)33(14-90)126-73(57(65)117)134-60-36(17-93)130-70(42(52(60)112)84-25(6)100)137-67-54(114)46(106)31(12-88)128-75(67)124-19-38-50(110)64(56(116)72(132-38)133-59-35(16-92)125-69(119)41(51(59)111)83-24(5)99)136-76-68(55(115)47(107)32(13-89)129-76)138-71-43(85-26(7)101)53(113)61(37(18-94)131-71)135-74-58(118)66(49(109)34(15-91)127-74)142-80(78(122)123)9-28(21(2)96)40(82-23(4)98)63(140-80)45(105)30(103)11-87/h27-76,86-94,102-119H,8-19H2,1-7H3,(H,81,97)(H,82,98)(H,83,99)(H,84,100)(H,85,101)(H,120,121)(H,122,123)/t27-,28-,29-,30-,31-,32-,33-,34-,35-,36-,37-,38-,39-,40-,41-,42-,43-,44-,45-,46-,47-,48+,49+,50-,51-,52-,53-,54+,55+,56+,57-,58-,59-,60-,61-,62-,63-,64+,65+,66+,67+,68+,69?,70+,71+,72+,73+,74+,75+,76-,79+,80+/m1/s1. The van der Waals surface area contributed by atoms with Crippen LogP contribution in [-0.4, -0.2) is 573 Å². The van der Waals surface area contributed by atoms with Crippen molar-refractivity contribution in [2.75, 3.05) is 66.1 Å². The zero-order valence-electron chi connectivity index (χ0n) is 76.8. The number of ether oxygens (including phenoxy) is 19. The molecule has 10 aliphatic rings. The summed E-state index contributed by atoms with van der Waals surface area (Å²) >= 11 is 0. The molecule has 142 heavy (non-hydrogen) atoms. The SMILES string of the molecule is CC(=O)N[C@H]1[C@H](O[C@@H]2[C@@H](OC[C@H]3O[C@@H](O[C@H]4[C@H](O)[C@@H](NC(C)=O)C(O)O[C@@H]4CO)[C@@H](O)[C@@H](O[C@H]4O[C@H](CO)[C@@H](O)[C@H](O)[C@@H]4O[C@@H]4O[C@H](CO)[C@@H](O[C@@H]5O[C@H](CO)[C@H](O)[C@H](O[C@]6(C(=O)O)C[C@H](C(C)=O)[C@@H](NC(C)=O)[C@H]([C@H](O)[C@H](O)CO)O6)[C@H]5O)[C@H](O)[C@H]4NC(C)=O)[C@@H]3O)O[C@H](CO)[C@@H](O)[C@@H]2O)O[C@H](CO)[C@@H](O[C@@H]2O[C@H](CO)[C@H](O)[C@H](O[C@]3(C(=O)O)C[C@H](C(C)=O)[C@@H](NC(C)=O)[C@H]([C@H](O)[C@H](O)CO)O3)[C@H]2O)[C@@H]1O. The molecule has 816 valence electrons. The molecular weight excluding hydrogens is 1940 g/mol. The first-order chi connectivity index (χ1) is 66.8. The van der Waals surface area contributed by atoms with Gasteiger partial charge in [0.15, 0.2) is 50.3 Å². The Morgan fingerprint density at radius 3 is 0.908 bits per heavy atom. The Kier molecular flexibility index (Phi) is 41.8. The van der Waals surface area contributed by atoms with E-state index in [2.05, 4.69) is 26.6 Å². The largest absolute Gasteiger partial charge is 0.477 e. The number of hydrogen-bond acceptors (Lipinski definition) is 55. The van der Waals surface area contributed by atoms with E-state index in [0.29, 0.717) is 0 Å². The third-order valence-electron chi connectivity index (χ3n) is 25.9. The quantitative estimate of drug-likeness (QED) is 0.0270. The highest BCUT2D eigenvalue weighted by Crippen LogP contribution is 2.46. The fourth-order valence-electron chi connectivity index (χ4n) is 18.6. The molecule has 62 nitrogen and oxygen atoms in total. The second-order valence-corrected chi connectivity index (χ2v) is 35.9. The summed E-state index contributed by atoms with van der Waals surface area (Å²) in [5.41, 5.74) is 0. The molecule has 10 saturated heterocycles. The molecule has 5 amide bonds. The summed E-state index contributed by atoms with van der Waals surface area (Å²) in [6.07, 6.45) is -101. The van der Waals surface area contributed by atoms with Gasteiger partial charge in [-0.05, 0) is 13.8 Å². The van der Waals surface area contributed by atoms with E-state index >= 15 is 0 Å². The highest BCUT2D eigenvalue weighted by atomic mass is 16.8. The molecule has 52 atom stereocenters. The van der Waals surface area contributed by atoms with Crippen LogP contribution < -0.4 is 26.6 Å². The molecule has 34 N–H and O–H groups in total. The van der Waals surface area contributed by atoms with Crippen LogP contribution in [0.3, 0.4) is 0 Å². The van der Waals surface area contributed by atoms with Crippen LogP contribution in [-0.2, 0) is 133 Å². The van der Waals surface area contributed by atoms with Crippen molar-refractivity contribution in [1.82, 2.24) is 26.6 Å². The van der Waals surface area contributed by atoms with Crippen LogP contribution in [0.1, 0.15) is 61.3 Å². The number of amides is 5. The summed E-state index contributed by atoms with van der Waals surface area (Å²) in [6, 6.07) is -9.49. The number of ketones is 2. The Hall–Kier alpha value is -6.21. The Morgan fingerprint density at radius 1 is 0.296 bits per heavy atom. The van der Waals surface area contributed by atoms with Crippen molar-refractivity contribution in [3.05, 3.63) is 0 Å². The average Bonchev–Trinajstić information content (AvgIpc) is 0.746. The number of hydrogen-bond donors (Lipinski definition) is 34. The van der Waals surface area contributed by atoms with E-state index in [1.807, 2.05) is 0 Å². The summed E-state index contributed by atoms with van der Waals surface area (Å²) in [5, 5.41) is 339. The highest BCUT2D eigenvalue weighted by Gasteiger charge is 2.66. The molecule has 1 unspecified atom stereocenters. The smallest absolute Gasteiger partial charge is 0.364 e. The summed E-state index contributed by atoms with van der Waals surface area (Å²) in [5.74, 6) is -21.0. The lowest BCUT2D eigenvalue weighted by atomic mass is 9.79.